The number of nitrogens with one attached hydrogen (secondary N) is 1. The van der Waals surface area contributed by atoms with Crippen molar-refractivity contribution in [3.8, 4) is 22.9 Å². The summed E-state index contributed by atoms with van der Waals surface area (Å²) in [6.45, 7) is 5.23. The van der Waals surface area contributed by atoms with Crippen LogP contribution in [-0.4, -0.2) is 57.3 Å². The van der Waals surface area contributed by atoms with E-state index in [0.717, 1.165) is 19.8 Å². The van der Waals surface area contributed by atoms with Gasteiger partial charge in [0.25, 0.3) is 5.91 Å². The van der Waals surface area contributed by atoms with Crippen molar-refractivity contribution in [1.82, 2.24) is 20.1 Å². The summed E-state index contributed by atoms with van der Waals surface area (Å²) in [6.07, 6.45) is -2.38. The Bertz CT molecular complexity index is 1050. The fraction of sp³-hybridized carbons (Fsp3) is 0.609. The molecule has 8 nitrogen and oxygen atoms in total. The molecule has 1 fully saturated rings. The van der Waals surface area contributed by atoms with Crippen molar-refractivity contribution < 1.29 is 32.5 Å². The van der Waals surface area contributed by atoms with Gasteiger partial charge in [-0.2, -0.15) is 18.3 Å². The van der Waals surface area contributed by atoms with Gasteiger partial charge in [0.05, 0.1) is 29.0 Å². The highest BCUT2D eigenvalue weighted by atomic mass is 35.5. The number of carbonyl (C=O) groups excluding carboxylic acids is 1. The summed E-state index contributed by atoms with van der Waals surface area (Å²) in [6, 6.07) is 1.22. The number of aliphatic hydroxyl groups is 1. The van der Waals surface area contributed by atoms with Crippen LogP contribution >= 0.6 is 11.6 Å². The second-order valence-electron chi connectivity index (χ2n) is 8.94. The maximum atomic E-state index is 12.9. The standard InChI is InChI=1S/C23H30ClF3N4O4/c1-5-31-20(15-11-28-17(10-16(15)34-4)35-14(3)23(25,26)27)18(24)19(30-31)21(32)29-12-22(33)8-6-13(2)7-9-22/h10-11,13-14,33H,5-9,12H2,1-4H3,(H,29,32)/t13?,14-,22?/m1/s1. The minimum Gasteiger partial charge on any atom is -0.496 e. The largest absolute Gasteiger partial charge is 0.496 e. The van der Waals surface area contributed by atoms with Crippen LogP contribution in [0.5, 0.6) is 11.6 Å². The van der Waals surface area contributed by atoms with Crippen molar-refractivity contribution in [3.63, 3.8) is 0 Å². The second-order valence-corrected chi connectivity index (χ2v) is 9.32. The first kappa shape index (κ1) is 27.1. The maximum Gasteiger partial charge on any atom is 0.425 e. The van der Waals surface area contributed by atoms with Gasteiger partial charge in [0.2, 0.25) is 5.88 Å². The zero-order valence-electron chi connectivity index (χ0n) is 20.1. The molecule has 1 atom stereocenters. The molecule has 3 rings (SSSR count). The zero-order chi connectivity index (χ0) is 26.0. The number of alkyl halides is 3. The molecule has 12 heteroatoms. The van der Waals surface area contributed by atoms with Crippen LogP contribution in [0.4, 0.5) is 13.2 Å². The molecule has 1 aliphatic carbocycles. The monoisotopic (exact) mass is 518 g/mol. The van der Waals surface area contributed by atoms with Crippen LogP contribution < -0.4 is 14.8 Å². The van der Waals surface area contributed by atoms with E-state index >= 15 is 0 Å². The number of aryl methyl sites for hydroxylation is 1. The Balaban J connectivity index is 1.85. The molecule has 0 saturated heterocycles. The van der Waals surface area contributed by atoms with E-state index in [1.165, 1.54) is 24.1 Å². The van der Waals surface area contributed by atoms with E-state index in [4.69, 9.17) is 21.1 Å². The quantitative estimate of drug-likeness (QED) is 0.529. The fourth-order valence-corrected chi connectivity index (χ4v) is 4.28. The SMILES string of the molecule is CCn1nc(C(=O)NCC2(O)CCC(C)CC2)c(Cl)c1-c1cnc(O[C@H](C)C(F)(F)F)cc1OC. The van der Waals surface area contributed by atoms with E-state index in [1.807, 2.05) is 0 Å². The highest BCUT2D eigenvalue weighted by Gasteiger charge is 2.38. The Morgan fingerprint density at radius 2 is 2.06 bits per heavy atom. The molecular weight excluding hydrogens is 489 g/mol. The lowest BCUT2D eigenvalue weighted by Gasteiger charge is -2.34. The molecule has 1 amide bonds. The molecule has 0 bridgehead atoms. The molecular formula is C23H30ClF3N4O4. The number of hydrogen-bond donors (Lipinski definition) is 2. The second kappa shape index (κ2) is 10.6. The lowest BCUT2D eigenvalue weighted by Crippen LogP contribution is -2.45. The number of pyridine rings is 1. The number of nitrogens with zero attached hydrogens (tertiary/aromatic N) is 3. The molecule has 0 radical (unpaired) electrons. The van der Waals surface area contributed by atoms with Gasteiger partial charge in [-0.25, -0.2) is 4.98 Å². The van der Waals surface area contributed by atoms with Gasteiger partial charge in [0.15, 0.2) is 11.8 Å². The van der Waals surface area contributed by atoms with Gasteiger partial charge in [-0.15, -0.1) is 0 Å². The van der Waals surface area contributed by atoms with E-state index in [2.05, 4.69) is 22.3 Å². The Hall–Kier alpha value is -2.53. The first-order valence-corrected chi connectivity index (χ1v) is 11.8. The van der Waals surface area contributed by atoms with Gasteiger partial charge in [-0.1, -0.05) is 18.5 Å². The molecule has 0 spiro atoms. The Morgan fingerprint density at radius 1 is 1.40 bits per heavy atom. The van der Waals surface area contributed by atoms with Crippen LogP contribution in [-0.2, 0) is 6.54 Å². The summed E-state index contributed by atoms with van der Waals surface area (Å²) < 4.78 is 50.3. The number of amides is 1. The van der Waals surface area contributed by atoms with Crippen LogP contribution in [0.2, 0.25) is 5.02 Å². The van der Waals surface area contributed by atoms with Crippen LogP contribution in [0.25, 0.3) is 11.3 Å². The molecule has 2 aromatic heterocycles. The van der Waals surface area contributed by atoms with Crippen molar-refractivity contribution in [2.75, 3.05) is 13.7 Å². The first-order valence-electron chi connectivity index (χ1n) is 11.4. The number of halogens is 4. The summed E-state index contributed by atoms with van der Waals surface area (Å²) in [7, 11) is 1.34. The van der Waals surface area contributed by atoms with E-state index in [9.17, 15) is 23.1 Å². The Labute approximate surface area is 206 Å². The molecule has 194 valence electrons. The fourth-order valence-electron chi connectivity index (χ4n) is 3.95. The van der Waals surface area contributed by atoms with Gasteiger partial charge in [0, 0.05) is 25.4 Å². The van der Waals surface area contributed by atoms with Crippen molar-refractivity contribution in [3.05, 3.63) is 23.0 Å². The molecule has 1 aliphatic rings. The number of methoxy groups -OCH3 is 1. The zero-order valence-corrected chi connectivity index (χ0v) is 20.8. The molecule has 1 saturated carbocycles. The minimum atomic E-state index is -4.55. The van der Waals surface area contributed by atoms with Crippen LogP contribution in [0.1, 0.15) is 56.9 Å². The van der Waals surface area contributed by atoms with Crippen molar-refractivity contribution in [1.29, 1.82) is 0 Å². The number of ether oxygens (including phenoxy) is 2. The summed E-state index contributed by atoms with van der Waals surface area (Å²) in [5.74, 6) is -0.123. The van der Waals surface area contributed by atoms with Gasteiger partial charge < -0.3 is 19.9 Å². The van der Waals surface area contributed by atoms with Gasteiger partial charge in [-0.05, 0) is 45.4 Å². The molecule has 2 aromatic rings. The van der Waals surface area contributed by atoms with E-state index in [0.29, 0.717) is 36.6 Å². The predicted molar refractivity (Wildman–Crippen MR) is 124 cm³/mol. The Kier molecular flexibility index (Phi) is 8.21. The number of rotatable bonds is 8. The van der Waals surface area contributed by atoms with E-state index in [1.54, 1.807) is 6.92 Å². The molecule has 35 heavy (non-hydrogen) atoms. The smallest absolute Gasteiger partial charge is 0.425 e. The number of carbonyl (C=O) groups is 1. The third-order valence-corrected chi connectivity index (χ3v) is 6.62. The average Bonchev–Trinajstić information content (AvgIpc) is 3.15. The molecule has 0 aliphatic heterocycles. The van der Waals surface area contributed by atoms with Crippen molar-refractivity contribution >= 4 is 17.5 Å². The third kappa shape index (κ3) is 6.19. The highest BCUT2D eigenvalue weighted by Crippen LogP contribution is 2.38. The number of hydrogen-bond acceptors (Lipinski definition) is 6. The summed E-state index contributed by atoms with van der Waals surface area (Å²) in [5, 5.41) is 17.8. The van der Waals surface area contributed by atoms with Crippen LogP contribution in [0.15, 0.2) is 12.3 Å². The summed E-state index contributed by atoms with van der Waals surface area (Å²) in [5.41, 5.74) is -0.354. The van der Waals surface area contributed by atoms with E-state index in [-0.39, 0.29) is 28.9 Å². The number of aromatic nitrogens is 3. The molecule has 2 N–H and O–H groups in total. The molecule has 0 unspecified atom stereocenters. The highest BCUT2D eigenvalue weighted by molar-refractivity contribution is 6.36. The lowest BCUT2D eigenvalue weighted by molar-refractivity contribution is -0.190. The van der Waals surface area contributed by atoms with Crippen LogP contribution in [0.3, 0.4) is 0 Å². The first-order chi connectivity index (χ1) is 16.4. The molecule has 2 heterocycles. The third-order valence-electron chi connectivity index (χ3n) is 6.27. The van der Waals surface area contributed by atoms with Crippen molar-refractivity contribution in [2.45, 2.75) is 70.9 Å². The maximum absolute atomic E-state index is 12.9. The van der Waals surface area contributed by atoms with Crippen LogP contribution in [0, 0.1) is 5.92 Å². The van der Waals surface area contributed by atoms with Gasteiger partial charge >= 0.3 is 6.18 Å². The van der Waals surface area contributed by atoms with Gasteiger partial charge in [0.1, 0.15) is 5.75 Å². The minimum absolute atomic E-state index is 0.0334. The predicted octanol–water partition coefficient (Wildman–Crippen LogP) is 4.63. The summed E-state index contributed by atoms with van der Waals surface area (Å²) in [4.78, 5) is 16.9. The topological polar surface area (TPSA) is 98.5 Å². The van der Waals surface area contributed by atoms with Gasteiger partial charge in [-0.3, -0.25) is 9.48 Å². The average molecular weight is 519 g/mol. The lowest BCUT2D eigenvalue weighted by atomic mass is 9.79. The Morgan fingerprint density at radius 3 is 2.63 bits per heavy atom. The van der Waals surface area contributed by atoms with Crippen molar-refractivity contribution in [2.24, 2.45) is 5.92 Å². The summed E-state index contributed by atoms with van der Waals surface area (Å²) >= 11 is 6.56. The van der Waals surface area contributed by atoms with E-state index < -0.39 is 23.8 Å². The molecule has 0 aromatic carbocycles. The normalized spacial score (nSPS) is 21.5.